The maximum Gasteiger partial charge on any atom is 0.336 e. The van der Waals surface area contributed by atoms with Crippen molar-refractivity contribution in [3.63, 3.8) is 0 Å². The molecule has 0 spiro atoms. The summed E-state index contributed by atoms with van der Waals surface area (Å²) in [5.74, 6) is -0.636. The number of nitrogens with one attached hydrogen (secondary N) is 1. The second-order valence-corrected chi connectivity index (χ2v) is 6.89. The molecule has 5 nitrogen and oxygen atoms in total. The molecular formula is C24H20N2O3. The van der Waals surface area contributed by atoms with Crippen LogP contribution in [-0.2, 0) is 0 Å². The van der Waals surface area contributed by atoms with E-state index in [0.717, 1.165) is 21.8 Å². The zero-order valence-corrected chi connectivity index (χ0v) is 15.8. The molecule has 29 heavy (non-hydrogen) atoms. The highest BCUT2D eigenvalue weighted by molar-refractivity contribution is 6.17. The molecule has 0 saturated heterocycles. The van der Waals surface area contributed by atoms with E-state index in [1.54, 1.807) is 25.1 Å². The van der Waals surface area contributed by atoms with Crippen molar-refractivity contribution in [3.05, 3.63) is 83.9 Å². The van der Waals surface area contributed by atoms with Gasteiger partial charge in [-0.2, -0.15) is 0 Å². The van der Waals surface area contributed by atoms with Crippen LogP contribution in [0.3, 0.4) is 0 Å². The molecule has 5 aromatic rings. The van der Waals surface area contributed by atoms with Crippen molar-refractivity contribution < 1.29 is 15.0 Å². The molecule has 1 aromatic heterocycles. The van der Waals surface area contributed by atoms with Crippen LogP contribution in [0.15, 0.2) is 72.8 Å². The van der Waals surface area contributed by atoms with Gasteiger partial charge in [0.2, 0.25) is 0 Å². The van der Waals surface area contributed by atoms with Crippen LogP contribution in [0.4, 0.5) is 5.69 Å². The number of phenolic OH excluding ortho intramolecular Hbond substituents is 1. The van der Waals surface area contributed by atoms with Gasteiger partial charge in [-0.05, 0) is 48.2 Å². The number of aromatic amines is 1. The topological polar surface area (TPSA) is 99.3 Å². The predicted octanol–water partition coefficient (Wildman–Crippen LogP) is 5.46. The summed E-state index contributed by atoms with van der Waals surface area (Å²) in [6.45, 7) is 1.69. The van der Waals surface area contributed by atoms with Crippen molar-refractivity contribution in [1.29, 1.82) is 0 Å². The number of para-hydroxylation sites is 1. The second kappa shape index (κ2) is 7.20. The molecule has 0 radical (unpaired) electrons. The van der Waals surface area contributed by atoms with Crippen molar-refractivity contribution in [1.82, 2.24) is 4.98 Å². The largest absolute Gasteiger partial charge is 0.508 e. The van der Waals surface area contributed by atoms with E-state index in [2.05, 4.69) is 29.2 Å². The summed E-state index contributed by atoms with van der Waals surface area (Å²) in [6, 6.07) is 22.8. The Bertz CT molecular complexity index is 1370. The number of benzene rings is 4. The first kappa shape index (κ1) is 18.4. The average Bonchev–Trinajstić information content (AvgIpc) is 3.09. The second-order valence-electron chi connectivity index (χ2n) is 6.89. The normalized spacial score (nSPS) is 10.8. The number of rotatable bonds is 1. The minimum absolute atomic E-state index is 0.269. The zero-order valence-electron chi connectivity index (χ0n) is 15.8. The summed E-state index contributed by atoms with van der Waals surface area (Å²) < 4.78 is 0. The van der Waals surface area contributed by atoms with E-state index >= 15 is 0 Å². The average molecular weight is 384 g/mol. The van der Waals surface area contributed by atoms with E-state index in [0.29, 0.717) is 17.0 Å². The van der Waals surface area contributed by atoms with Crippen molar-refractivity contribution in [3.8, 4) is 5.75 Å². The van der Waals surface area contributed by atoms with E-state index in [4.69, 9.17) is 10.8 Å². The van der Waals surface area contributed by atoms with E-state index in [-0.39, 0.29) is 5.56 Å². The minimum Gasteiger partial charge on any atom is -0.508 e. The number of fused-ring (bicyclic) bond motifs is 5. The fourth-order valence-corrected chi connectivity index (χ4v) is 3.51. The number of phenols is 1. The van der Waals surface area contributed by atoms with Crippen molar-refractivity contribution in [2.24, 2.45) is 0 Å². The molecule has 0 atom stereocenters. The summed E-state index contributed by atoms with van der Waals surface area (Å²) in [6.07, 6.45) is 0. The number of hydrogen-bond donors (Lipinski definition) is 4. The molecule has 5 heteroatoms. The molecule has 0 aliphatic heterocycles. The number of carboxylic acid groups (broad SMARTS) is 1. The van der Waals surface area contributed by atoms with Gasteiger partial charge in [-0.25, -0.2) is 4.79 Å². The Morgan fingerprint density at radius 3 is 2.41 bits per heavy atom. The highest BCUT2D eigenvalue weighted by atomic mass is 16.4. The summed E-state index contributed by atoms with van der Waals surface area (Å²) in [5.41, 5.74) is 9.12. The van der Waals surface area contributed by atoms with Crippen LogP contribution in [-0.4, -0.2) is 21.2 Å². The molecule has 4 aromatic carbocycles. The van der Waals surface area contributed by atoms with Crippen LogP contribution >= 0.6 is 0 Å². The Morgan fingerprint density at radius 2 is 1.66 bits per heavy atom. The first-order valence-electron chi connectivity index (χ1n) is 9.16. The molecule has 0 amide bonds. The number of hydrogen-bond acceptors (Lipinski definition) is 3. The lowest BCUT2D eigenvalue weighted by Crippen LogP contribution is -2.01. The number of anilines is 1. The molecule has 0 aliphatic rings. The van der Waals surface area contributed by atoms with E-state index in [1.165, 1.54) is 16.8 Å². The number of nitrogen functional groups attached to an aromatic ring is 1. The van der Waals surface area contributed by atoms with E-state index in [1.807, 2.05) is 24.3 Å². The maximum absolute atomic E-state index is 10.5. The van der Waals surface area contributed by atoms with Gasteiger partial charge in [-0.3, -0.25) is 0 Å². The predicted molar refractivity (Wildman–Crippen MR) is 118 cm³/mol. The Morgan fingerprint density at radius 1 is 0.897 bits per heavy atom. The highest BCUT2D eigenvalue weighted by Gasteiger charge is 2.08. The number of aromatic nitrogens is 1. The first-order valence-corrected chi connectivity index (χ1v) is 9.16. The van der Waals surface area contributed by atoms with Crippen LogP contribution in [0.2, 0.25) is 0 Å². The van der Waals surface area contributed by atoms with Gasteiger partial charge < -0.3 is 20.9 Å². The number of nitrogens with two attached hydrogens (primary N) is 1. The molecule has 1 heterocycles. The molecule has 5 N–H and O–H groups in total. The molecule has 0 unspecified atom stereocenters. The van der Waals surface area contributed by atoms with Gasteiger partial charge in [-0.15, -0.1) is 0 Å². The Kier molecular flexibility index (Phi) is 4.56. The highest BCUT2D eigenvalue weighted by Crippen LogP contribution is 2.32. The standard InChI is InChI=1S/C16H11NO.C8H9NO2/c18-11-7-5-10-6-8-13-12-3-1-2-4-15(12)17-16(13)14(10)9-11;1-5-6(8(10)11)3-2-4-7(5)9/h1-9,17-18H;2-4H,9H2,1H3,(H,10,11). The number of H-pyrrole nitrogens is 1. The lowest BCUT2D eigenvalue weighted by Gasteiger charge is -2.02. The first-order chi connectivity index (χ1) is 14.0. The maximum atomic E-state index is 10.5. The van der Waals surface area contributed by atoms with Crippen LogP contribution in [0.1, 0.15) is 15.9 Å². The Labute approximate surface area is 167 Å². The van der Waals surface area contributed by atoms with Gasteiger partial charge in [-0.1, -0.05) is 42.5 Å². The number of carbonyl (C=O) groups is 1. The monoisotopic (exact) mass is 384 g/mol. The zero-order chi connectivity index (χ0) is 20.5. The van der Waals surface area contributed by atoms with Crippen molar-refractivity contribution in [2.75, 3.05) is 5.73 Å². The molecule has 144 valence electrons. The Balaban J connectivity index is 0.000000161. The van der Waals surface area contributed by atoms with Crippen LogP contribution < -0.4 is 5.73 Å². The van der Waals surface area contributed by atoms with Gasteiger partial charge in [0.25, 0.3) is 0 Å². The van der Waals surface area contributed by atoms with Crippen molar-refractivity contribution in [2.45, 2.75) is 6.92 Å². The number of carboxylic acids is 1. The quantitative estimate of drug-likeness (QED) is 0.289. The summed E-state index contributed by atoms with van der Waals surface area (Å²) in [5, 5.41) is 22.9. The molecule has 5 rings (SSSR count). The van der Waals surface area contributed by atoms with Crippen LogP contribution in [0.25, 0.3) is 32.6 Å². The third-order valence-electron chi connectivity index (χ3n) is 5.09. The third kappa shape index (κ3) is 3.34. The summed E-state index contributed by atoms with van der Waals surface area (Å²) in [4.78, 5) is 14.0. The summed E-state index contributed by atoms with van der Waals surface area (Å²) in [7, 11) is 0. The third-order valence-corrected chi connectivity index (χ3v) is 5.09. The van der Waals surface area contributed by atoms with Gasteiger partial charge in [0.1, 0.15) is 5.75 Å². The lowest BCUT2D eigenvalue weighted by molar-refractivity contribution is 0.0696. The molecule has 0 aliphatic carbocycles. The van der Waals surface area contributed by atoms with E-state index < -0.39 is 5.97 Å². The minimum atomic E-state index is -0.935. The van der Waals surface area contributed by atoms with Crippen LogP contribution in [0, 0.1) is 6.92 Å². The van der Waals surface area contributed by atoms with Gasteiger partial charge in [0.05, 0.1) is 11.1 Å². The van der Waals surface area contributed by atoms with Gasteiger partial charge in [0, 0.05) is 27.4 Å². The SMILES string of the molecule is Cc1c(N)cccc1C(=O)O.Oc1ccc2ccc3c4ccccc4[nH]c3c2c1. The van der Waals surface area contributed by atoms with Crippen molar-refractivity contribution >= 4 is 44.2 Å². The van der Waals surface area contributed by atoms with Gasteiger partial charge in [0.15, 0.2) is 0 Å². The van der Waals surface area contributed by atoms with E-state index in [9.17, 15) is 9.90 Å². The molecule has 0 fully saturated rings. The fraction of sp³-hybridized carbons (Fsp3) is 0.0417. The molecular weight excluding hydrogens is 364 g/mol. The smallest absolute Gasteiger partial charge is 0.336 e. The fourth-order valence-electron chi connectivity index (χ4n) is 3.51. The number of aromatic carboxylic acids is 1. The molecule has 0 bridgehead atoms. The molecule has 0 saturated carbocycles. The van der Waals surface area contributed by atoms with Gasteiger partial charge >= 0.3 is 5.97 Å². The Hall–Kier alpha value is -3.99. The van der Waals surface area contributed by atoms with Crippen LogP contribution in [0.5, 0.6) is 5.75 Å². The number of aromatic hydroxyl groups is 1. The lowest BCUT2D eigenvalue weighted by atomic mass is 10.1. The summed E-state index contributed by atoms with van der Waals surface area (Å²) >= 11 is 0.